The first-order chi connectivity index (χ1) is 11.9. The third-order valence-corrected chi connectivity index (χ3v) is 3.76. The van der Waals surface area contributed by atoms with Gasteiger partial charge < -0.3 is 0 Å². The summed E-state index contributed by atoms with van der Waals surface area (Å²) in [6, 6.07) is 14.1. The van der Waals surface area contributed by atoms with Gasteiger partial charge in [-0.1, -0.05) is 35.5 Å². The van der Waals surface area contributed by atoms with E-state index in [1.807, 2.05) is 34.9 Å². The molecule has 4 rings (SSSR count). The highest BCUT2D eigenvalue weighted by Gasteiger charge is 2.17. The van der Waals surface area contributed by atoms with Crippen molar-refractivity contribution in [3.8, 4) is 17.2 Å². The van der Waals surface area contributed by atoms with Crippen molar-refractivity contribution in [3.63, 3.8) is 0 Å². The van der Waals surface area contributed by atoms with Crippen LogP contribution in [0, 0.1) is 0 Å². The average molecular weight is 317 g/mol. The number of H-pyrrole nitrogens is 1. The zero-order chi connectivity index (χ0) is 16.2. The molecule has 0 aliphatic carbocycles. The molecule has 24 heavy (non-hydrogen) atoms. The van der Waals surface area contributed by atoms with E-state index < -0.39 is 0 Å². The Kier molecular flexibility index (Phi) is 3.81. The van der Waals surface area contributed by atoms with Crippen LogP contribution in [0.4, 0.5) is 0 Å². The Bertz CT molecular complexity index is 899. The van der Waals surface area contributed by atoms with Crippen LogP contribution in [0.5, 0.6) is 0 Å². The molecule has 3 heterocycles. The van der Waals surface area contributed by atoms with Crippen LogP contribution in [0.1, 0.15) is 11.4 Å². The van der Waals surface area contributed by atoms with Gasteiger partial charge in [0.15, 0.2) is 11.6 Å². The molecule has 0 amide bonds. The number of nitrogens with zero attached hydrogens (tertiary/aromatic N) is 6. The minimum absolute atomic E-state index is 0.668. The average Bonchev–Trinajstić information content (AvgIpc) is 3.31. The number of aromatic nitrogens is 7. The summed E-state index contributed by atoms with van der Waals surface area (Å²) >= 11 is 0. The fourth-order valence-corrected chi connectivity index (χ4v) is 2.61. The van der Waals surface area contributed by atoms with Gasteiger partial charge in [-0.05, 0) is 24.1 Å². The predicted octanol–water partition coefficient (Wildman–Crippen LogP) is 2.23. The van der Waals surface area contributed by atoms with Crippen LogP contribution in [-0.4, -0.2) is 35.2 Å². The number of benzene rings is 1. The monoisotopic (exact) mass is 317 g/mol. The lowest BCUT2D eigenvalue weighted by atomic mass is 10.1. The Morgan fingerprint density at radius 3 is 2.58 bits per heavy atom. The lowest BCUT2D eigenvalue weighted by Crippen LogP contribution is -2.05. The van der Waals surface area contributed by atoms with E-state index in [9.17, 15) is 0 Å². The van der Waals surface area contributed by atoms with E-state index >= 15 is 0 Å². The second-order valence-corrected chi connectivity index (χ2v) is 5.33. The summed E-state index contributed by atoms with van der Waals surface area (Å²) < 4.78 is 1.92. The van der Waals surface area contributed by atoms with Gasteiger partial charge >= 0.3 is 0 Å². The van der Waals surface area contributed by atoms with Crippen LogP contribution in [0.15, 0.2) is 61.1 Å². The minimum atomic E-state index is 0.668. The molecule has 118 valence electrons. The first kappa shape index (κ1) is 14.3. The number of aryl methyl sites for hydroxylation is 2. The molecular weight excluding hydrogens is 302 g/mol. The molecule has 3 aromatic heterocycles. The van der Waals surface area contributed by atoms with Crippen LogP contribution in [0.3, 0.4) is 0 Å². The van der Waals surface area contributed by atoms with Crippen molar-refractivity contribution in [2.75, 3.05) is 0 Å². The topological polar surface area (TPSA) is 85.2 Å². The van der Waals surface area contributed by atoms with Crippen LogP contribution >= 0.6 is 0 Å². The summed E-state index contributed by atoms with van der Waals surface area (Å²) in [5, 5.41) is 19.4. The summed E-state index contributed by atoms with van der Waals surface area (Å²) in [6.45, 7) is 0. The van der Waals surface area contributed by atoms with Crippen LogP contribution in [0.2, 0.25) is 0 Å². The number of hydrogen-bond donors (Lipinski definition) is 1. The normalized spacial score (nSPS) is 10.8. The third kappa shape index (κ3) is 2.79. The first-order valence-corrected chi connectivity index (χ1v) is 7.67. The molecule has 0 spiro atoms. The summed E-state index contributed by atoms with van der Waals surface area (Å²) in [4.78, 5) is 4.16. The maximum atomic E-state index is 4.37. The number of aromatic amines is 1. The van der Waals surface area contributed by atoms with Gasteiger partial charge in [0.1, 0.15) is 5.82 Å². The molecule has 7 nitrogen and oxygen atoms in total. The Labute approximate surface area is 138 Å². The molecule has 0 bridgehead atoms. The highest BCUT2D eigenvalue weighted by Crippen LogP contribution is 2.21. The second-order valence-electron chi connectivity index (χ2n) is 5.33. The summed E-state index contributed by atoms with van der Waals surface area (Å²) in [5.41, 5.74) is 2.15. The Balaban J connectivity index is 1.71. The minimum Gasteiger partial charge on any atom is -0.264 e. The summed E-state index contributed by atoms with van der Waals surface area (Å²) in [6.07, 6.45) is 6.86. The molecule has 0 aliphatic heterocycles. The maximum absolute atomic E-state index is 4.37. The fourth-order valence-electron chi connectivity index (χ4n) is 2.61. The Hall–Kier alpha value is -3.35. The molecule has 0 aliphatic rings. The van der Waals surface area contributed by atoms with E-state index in [1.54, 1.807) is 18.6 Å². The number of nitrogens with one attached hydrogen (secondary N) is 1. The van der Waals surface area contributed by atoms with Gasteiger partial charge in [0.05, 0.1) is 6.20 Å². The lowest BCUT2D eigenvalue weighted by Gasteiger charge is -2.07. The van der Waals surface area contributed by atoms with Crippen molar-refractivity contribution in [2.24, 2.45) is 0 Å². The van der Waals surface area contributed by atoms with Gasteiger partial charge in [0, 0.05) is 24.4 Å². The highest BCUT2D eigenvalue weighted by atomic mass is 15.4. The number of pyridine rings is 1. The maximum Gasteiger partial charge on any atom is 0.182 e. The van der Waals surface area contributed by atoms with Crippen LogP contribution in [-0.2, 0) is 12.8 Å². The van der Waals surface area contributed by atoms with Gasteiger partial charge in [-0.15, -0.1) is 15.3 Å². The van der Waals surface area contributed by atoms with Gasteiger partial charge in [0.25, 0.3) is 0 Å². The van der Waals surface area contributed by atoms with Gasteiger partial charge in [-0.25, -0.2) is 0 Å². The zero-order valence-corrected chi connectivity index (χ0v) is 12.9. The zero-order valence-electron chi connectivity index (χ0n) is 12.9. The molecule has 0 fully saturated rings. The molecule has 0 unspecified atom stereocenters. The predicted molar refractivity (Wildman–Crippen MR) is 88.4 cm³/mol. The van der Waals surface area contributed by atoms with E-state index in [2.05, 4.69) is 42.7 Å². The first-order valence-electron chi connectivity index (χ1n) is 7.67. The quantitative estimate of drug-likeness (QED) is 0.610. The van der Waals surface area contributed by atoms with Crippen molar-refractivity contribution in [2.45, 2.75) is 12.8 Å². The largest absolute Gasteiger partial charge is 0.264 e. The Morgan fingerprint density at radius 1 is 0.917 bits per heavy atom. The van der Waals surface area contributed by atoms with Crippen molar-refractivity contribution in [1.82, 2.24) is 35.2 Å². The van der Waals surface area contributed by atoms with E-state index in [1.165, 1.54) is 5.56 Å². The van der Waals surface area contributed by atoms with Gasteiger partial charge in [-0.2, -0.15) is 0 Å². The second kappa shape index (κ2) is 6.41. The smallest absolute Gasteiger partial charge is 0.182 e. The highest BCUT2D eigenvalue weighted by molar-refractivity contribution is 5.56. The lowest BCUT2D eigenvalue weighted by molar-refractivity contribution is 0.806. The Morgan fingerprint density at radius 2 is 1.83 bits per heavy atom. The molecule has 7 heteroatoms. The molecule has 1 N–H and O–H groups in total. The molecular formula is C17H15N7. The van der Waals surface area contributed by atoms with Crippen molar-refractivity contribution in [3.05, 3.63) is 72.4 Å². The van der Waals surface area contributed by atoms with Crippen molar-refractivity contribution < 1.29 is 0 Å². The van der Waals surface area contributed by atoms with Gasteiger partial charge in [-0.3, -0.25) is 14.6 Å². The van der Waals surface area contributed by atoms with Crippen LogP contribution in [0.25, 0.3) is 17.2 Å². The molecule has 0 atom stereocenters. The summed E-state index contributed by atoms with van der Waals surface area (Å²) in [5.74, 6) is 2.22. The van der Waals surface area contributed by atoms with Crippen molar-refractivity contribution in [1.29, 1.82) is 0 Å². The summed E-state index contributed by atoms with van der Waals surface area (Å²) in [7, 11) is 0. The van der Waals surface area contributed by atoms with E-state index in [0.717, 1.165) is 24.2 Å². The third-order valence-electron chi connectivity index (χ3n) is 3.76. The number of rotatable bonds is 5. The molecule has 0 saturated heterocycles. The fraction of sp³-hybridized carbons (Fsp3) is 0.118. The van der Waals surface area contributed by atoms with E-state index in [-0.39, 0.29) is 0 Å². The van der Waals surface area contributed by atoms with Gasteiger partial charge in [0.2, 0.25) is 0 Å². The van der Waals surface area contributed by atoms with Crippen LogP contribution < -0.4 is 0 Å². The molecule has 1 aromatic carbocycles. The number of hydrogen-bond acceptors (Lipinski definition) is 5. The van der Waals surface area contributed by atoms with Crippen molar-refractivity contribution >= 4 is 0 Å². The van der Waals surface area contributed by atoms with E-state index in [0.29, 0.717) is 11.6 Å². The SMILES string of the molecule is c1ccc(CCc2nnc(-c3cccnc3)n2-c2c[nH]nn2)cc1. The van der Waals surface area contributed by atoms with E-state index in [4.69, 9.17) is 0 Å². The molecule has 0 radical (unpaired) electrons. The standard InChI is InChI=1S/C17H15N7/c1-2-5-13(6-3-1)8-9-15-20-22-17(14-7-4-10-18-11-14)24(15)16-12-19-23-21-16/h1-7,10-12H,8-9H2,(H,19,21,23). The molecule has 4 aromatic rings. The molecule has 0 saturated carbocycles.